The third kappa shape index (κ3) is 6.15. The van der Waals surface area contributed by atoms with E-state index in [-0.39, 0.29) is 0 Å². The largest absolute Gasteiger partial charge is 0.457 e. The Kier molecular flexibility index (Phi) is 9.86. The summed E-state index contributed by atoms with van der Waals surface area (Å²) in [7, 11) is 0. The maximum Gasteiger partial charge on any atom is 0.132 e. The third-order valence-corrected chi connectivity index (χ3v) is 19.1. The molecular formula is C81H51NO2. The van der Waals surface area contributed by atoms with Gasteiger partial charge in [-0.1, -0.05) is 243 Å². The van der Waals surface area contributed by atoms with Crippen molar-refractivity contribution in [2.24, 2.45) is 0 Å². The van der Waals surface area contributed by atoms with Crippen LogP contribution in [-0.4, -0.2) is 0 Å². The fraction of sp³-hybridized carbons (Fsp3) is 0.0370. The highest BCUT2D eigenvalue weighted by Gasteiger charge is 2.53. The molecule has 0 unspecified atom stereocenters. The van der Waals surface area contributed by atoms with Gasteiger partial charge < -0.3 is 14.4 Å². The number of fused-ring (bicyclic) bond motifs is 21. The Labute approximate surface area is 488 Å². The molecule has 0 aromatic heterocycles. The minimum atomic E-state index is -0.661. The molecule has 18 rings (SSSR count). The molecule has 0 bridgehead atoms. The molecule has 3 heteroatoms. The Hall–Kier alpha value is -10.7. The Balaban J connectivity index is 0.891. The smallest absolute Gasteiger partial charge is 0.132 e. The molecule has 392 valence electrons. The highest BCUT2D eigenvalue weighted by atomic mass is 16.5. The zero-order chi connectivity index (χ0) is 55.1. The van der Waals surface area contributed by atoms with Gasteiger partial charge in [0.2, 0.25) is 0 Å². The molecule has 2 spiro atoms. The second kappa shape index (κ2) is 17.6. The number of benzene rings is 13. The summed E-state index contributed by atoms with van der Waals surface area (Å²) in [6.07, 6.45) is 0. The van der Waals surface area contributed by atoms with Gasteiger partial charge in [-0.05, 0) is 156 Å². The van der Waals surface area contributed by atoms with E-state index in [4.69, 9.17) is 9.47 Å². The lowest BCUT2D eigenvalue weighted by molar-refractivity contribution is 0.436. The van der Waals surface area contributed by atoms with E-state index in [0.717, 1.165) is 73.4 Å². The van der Waals surface area contributed by atoms with Crippen LogP contribution in [0.2, 0.25) is 0 Å². The summed E-state index contributed by atoms with van der Waals surface area (Å²) in [6, 6.07) is 115. The van der Waals surface area contributed by atoms with Crippen LogP contribution >= 0.6 is 0 Å². The number of para-hydroxylation sites is 4. The minimum absolute atomic E-state index is 0.535. The van der Waals surface area contributed by atoms with E-state index < -0.39 is 16.2 Å². The van der Waals surface area contributed by atoms with Gasteiger partial charge in [0.05, 0.1) is 16.2 Å². The van der Waals surface area contributed by atoms with Crippen LogP contribution in [0.1, 0.15) is 66.8 Å². The second-order valence-corrected chi connectivity index (χ2v) is 22.9. The van der Waals surface area contributed by atoms with Crippen molar-refractivity contribution in [3.8, 4) is 67.5 Å². The van der Waals surface area contributed by atoms with E-state index in [0.29, 0.717) is 0 Å². The average molecular weight is 1070 g/mol. The highest BCUT2D eigenvalue weighted by Crippen LogP contribution is 2.65. The molecule has 2 aliphatic heterocycles. The Morgan fingerprint density at radius 1 is 0.202 bits per heavy atom. The summed E-state index contributed by atoms with van der Waals surface area (Å²) in [5, 5.41) is 0. The zero-order valence-corrected chi connectivity index (χ0v) is 45.7. The monoisotopic (exact) mass is 1070 g/mol. The first-order chi connectivity index (χ1) is 41.6. The second-order valence-electron chi connectivity index (χ2n) is 22.9. The molecule has 0 saturated heterocycles. The topological polar surface area (TPSA) is 21.7 Å². The molecule has 0 amide bonds. The van der Waals surface area contributed by atoms with E-state index in [2.05, 4.69) is 314 Å². The van der Waals surface area contributed by atoms with Crippen molar-refractivity contribution in [2.75, 3.05) is 4.90 Å². The lowest BCUT2D eigenvalue weighted by Crippen LogP contribution is -2.32. The predicted octanol–water partition coefficient (Wildman–Crippen LogP) is 20.1. The van der Waals surface area contributed by atoms with Gasteiger partial charge >= 0.3 is 0 Å². The van der Waals surface area contributed by atoms with Crippen molar-refractivity contribution in [1.82, 2.24) is 0 Å². The quantitative estimate of drug-likeness (QED) is 0.166. The Bertz CT molecular complexity index is 4560. The molecule has 13 aromatic rings. The summed E-state index contributed by atoms with van der Waals surface area (Å²) in [5.74, 6) is 3.48. The molecule has 0 atom stereocenters. The summed E-state index contributed by atoms with van der Waals surface area (Å²) < 4.78 is 13.7. The predicted molar refractivity (Wildman–Crippen MR) is 339 cm³/mol. The molecule has 3 aliphatic carbocycles. The number of anilines is 3. The van der Waals surface area contributed by atoms with Gasteiger partial charge in [-0.15, -0.1) is 0 Å². The van der Waals surface area contributed by atoms with Crippen LogP contribution in [0.15, 0.2) is 309 Å². The number of nitrogens with zero attached hydrogens (tertiary/aromatic N) is 1. The van der Waals surface area contributed by atoms with Gasteiger partial charge in [-0.25, -0.2) is 0 Å². The van der Waals surface area contributed by atoms with Gasteiger partial charge in [0, 0.05) is 39.3 Å². The lowest BCUT2D eigenvalue weighted by atomic mass is 9.66. The molecule has 0 saturated carbocycles. The summed E-state index contributed by atoms with van der Waals surface area (Å²) in [6.45, 7) is 0. The molecule has 5 aliphatic rings. The number of hydrogen-bond acceptors (Lipinski definition) is 3. The minimum Gasteiger partial charge on any atom is -0.457 e. The first kappa shape index (κ1) is 47.0. The van der Waals surface area contributed by atoms with Crippen LogP contribution in [0.4, 0.5) is 17.1 Å². The summed E-state index contributed by atoms with van der Waals surface area (Å²) in [5.41, 5.74) is 25.5. The number of rotatable bonds is 6. The maximum atomic E-state index is 6.83. The summed E-state index contributed by atoms with van der Waals surface area (Å²) in [4.78, 5) is 2.51. The zero-order valence-electron chi connectivity index (χ0n) is 45.7. The van der Waals surface area contributed by atoms with Gasteiger partial charge in [0.15, 0.2) is 0 Å². The highest BCUT2D eigenvalue weighted by molar-refractivity contribution is 5.95. The normalized spacial score (nSPS) is 14.7. The average Bonchev–Trinajstić information content (AvgIpc) is 1.86. The van der Waals surface area contributed by atoms with Crippen LogP contribution in [0.5, 0.6) is 23.0 Å². The SMILES string of the molecule is c1ccc(C2(c3ccccc3)c3ccccc3-c3ccc(-c4cccc(N(c5ccc6c(c5)C5(c7ccccc7Oc7ccccc75)c5ccccc5-6)c5ccc6c(c5)C5(c7ccccc7Oc7ccccc75)c5ccccc5-6)c4)cc32)cc1. The van der Waals surface area contributed by atoms with E-state index in [1.54, 1.807) is 0 Å². The lowest BCUT2D eigenvalue weighted by Gasteiger charge is -2.40. The van der Waals surface area contributed by atoms with Crippen LogP contribution < -0.4 is 14.4 Å². The van der Waals surface area contributed by atoms with E-state index in [1.165, 1.54) is 77.9 Å². The maximum absolute atomic E-state index is 6.83. The van der Waals surface area contributed by atoms with Gasteiger partial charge in [-0.2, -0.15) is 0 Å². The third-order valence-electron chi connectivity index (χ3n) is 19.1. The fourth-order valence-corrected chi connectivity index (χ4v) is 15.9. The first-order valence-corrected chi connectivity index (χ1v) is 29.1. The molecule has 0 fully saturated rings. The molecule has 84 heavy (non-hydrogen) atoms. The fourth-order valence-electron chi connectivity index (χ4n) is 15.9. The van der Waals surface area contributed by atoms with Crippen LogP contribution in [0, 0.1) is 0 Å². The number of ether oxygens (including phenoxy) is 2. The van der Waals surface area contributed by atoms with E-state index >= 15 is 0 Å². The van der Waals surface area contributed by atoms with Crippen LogP contribution in [-0.2, 0) is 16.2 Å². The van der Waals surface area contributed by atoms with Crippen molar-refractivity contribution in [2.45, 2.75) is 16.2 Å². The first-order valence-electron chi connectivity index (χ1n) is 29.1. The van der Waals surface area contributed by atoms with Crippen LogP contribution in [0.3, 0.4) is 0 Å². The molecule has 0 N–H and O–H groups in total. The van der Waals surface area contributed by atoms with Gasteiger partial charge in [-0.3, -0.25) is 0 Å². The van der Waals surface area contributed by atoms with Crippen molar-refractivity contribution < 1.29 is 9.47 Å². The standard InChI is InChI=1S/C81H51NO2/c1-3-23-54(24-4-1)79(55-25-5-2-6-26-55)65-31-10-7-28-59(65)62-45-42-53(49-72(62)79)52-22-21-27-56(48-52)82(57-43-46-63-60-29-8-11-32-66(60)80(73(63)50-57)68-34-13-17-38-75(68)83-76-39-18-14-35-69(76)80)58-44-47-64-61-30-9-12-33-67(61)81(74(64)51-58)70-36-15-19-40-77(70)84-78-41-20-16-37-71(78)81/h1-51H. The van der Waals surface area contributed by atoms with Gasteiger partial charge in [0.1, 0.15) is 23.0 Å². The molecular weight excluding hydrogens is 1020 g/mol. The van der Waals surface area contributed by atoms with Gasteiger partial charge in [0.25, 0.3) is 0 Å². The van der Waals surface area contributed by atoms with Crippen molar-refractivity contribution in [3.05, 3.63) is 376 Å². The number of hydrogen-bond donors (Lipinski definition) is 0. The van der Waals surface area contributed by atoms with E-state index in [9.17, 15) is 0 Å². The molecule has 13 aromatic carbocycles. The molecule has 0 radical (unpaired) electrons. The summed E-state index contributed by atoms with van der Waals surface area (Å²) >= 11 is 0. The van der Waals surface area contributed by atoms with Crippen molar-refractivity contribution in [1.29, 1.82) is 0 Å². The van der Waals surface area contributed by atoms with Crippen molar-refractivity contribution in [3.63, 3.8) is 0 Å². The molecule has 2 heterocycles. The van der Waals surface area contributed by atoms with E-state index in [1.807, 2.05) is 0 Å². The van der Waals surface area contributed by atoms with Crippen molar-refractivity contribution >= 4 is 17.1 Å². The Morgan fingerprint density at radius 2 is 0.524 bits per heavy atom. The Morgan fingerprint density at radius 3 is 0.964 bits per heavy atom. The van der Waals surface area contributed by atoms with Crippen LogP contribution in [0.25, 0.3) is 44.5 Å². The molecule has 3 nitrogen and oxygen atoms in total.